The van der Waals surface area contributed by atoms with Gasteiger partial charge in [0.25, 0.3) is 0 Å². The van der Waals surface area contributed by atoms with Crippen molar-refractivity contribution in [3.63, 3.8) is 0 Å². The van der Waals surface area contributed by atoms with E-state index in [1.54, 1.807) is 0 Å². The van der Waals surface area contributed by atoms with Gasteiger partial charge in [-0.25, -0.2) is 0 Å². The SMILES string of the molecule is CC(C)CCC(C)C(C)C1(C)CC(C)C1. The summed E-state index contributed by atoms with van der Waals surface area (Å²) in [5.74, 6) is 3.67. The number of rotatable bonds is 5. The molecule has 0 aliphatic heterocycles. The maximum Gasteiger partial charge on any atom is -0.0293 e. The molecular weight excluding hydrogens is 180 g/mol. The van der Waals surface area contributed by atoms with Gasteiger partial charge in [-0.2, -0.15) is 0 Å². The third-order valence-corrected chi connectivity index (χ3v) is 4.78. The van der Waals surface area contributed by atoms with Crippen molar-refractivity contribution in [3.05, 3.63) is 0 Å². The molecule has 1 fully saturated rings. The van der Waals surface area contributed by atoms with Gasteiger partial charge < -0.3 is 0 Å². The Balaban J connectivity index is 2.36. The van der Waals surface area contributed by atoms with Gasteiger partial charge in [0.2, 0.25) is 0 Å². The van der Waals surface area contributed by atoms with Gasteiger partial charge in [0, 0.05) is 0 Å². The first-order valence-electron chi connectivity index (χ1n) is 6.85. The summed E-state index contributed by atoms with van der Waals surface area (Å²) < 4.78 is 0. The lowest BCUT2D eigenvalue weighted by Crippen LogP contribution is -2.41. The minimum Gasteiger partial charge on any atom is -0.0628 e. The van der Waals surface area contributed by atoms with E-state index >= 15 is 0 Å². The summed E-state index contributed by atoms with van der Waals surface area (Å²) in [5.41, 5.74) is 0.663. The summed E-state index contributed by atoms with van der Waals surface area (Å²) in [7, 11) is 0. The molecule has 1 rings (SSSR count). The van der Waals surface area contributed by atoms with Crippen LogP contribution in [0.15, 0.2) is 0 Å². The molecule has 0 bridgehead atoms. The minimum atomic E-state index is 0.663. The molecule has 0 radical (unpaired) electrons. The second kappa shape index (κ2) is 4.89. The molecule has 0 heterocycles. The summed E-state index contributed by atoms with van der Waals surface area (Å²) in [5, 5.41) is 0. The fraction of sp³-hybridized carbons (Fsp3) is 1.00. The zero-order chi connectivity index (χ0) is 11.6. The predicted octanol–water partition coefficient (Wildman–Crippen LogP) is 5.13. The molecule has 0 aromatic heterocycles. The molecule has 0 aromatic carbocycles. The maximum atomic E-state index is 2.50. The molecule has 0 nitrogen and oxygen atoms in total. The Labute approximate surface area is 96.8 Å². The van der Waals surface area contributed by atoms with E-state index in [1.165, 1.54) is 25.7 Å². The summed E-state index contributed by atoms with van der Waals surface area (Å²) in [4.78, 5) is 0. The average molecular weight is 210 g/mol. The lowest BCUT2D eigenvalue weighted by molar-refractivity contribution is -0.000794. The van der Waals surface area contributed by atoms with Crippen LogP contribution in [0.2, 0.25) is 0 Å². The molecule has 2 atom stereocenters. The molecule has 1 saturated carbocycles. The van der Waals surface area contributed by atoms with E-state index in [0.29, 0.717) is 5.41 Å². The highest BCUT2D eigenvalue weighted by atomic mass is 14.5. The number of hydrogen-bond acceptors (Lipinski definition) is 0. The van der Waals surface area contributed by atoms with Crippen LogP contribution in [0, 0.1) is 29.1 Å². The van der Waals surface area contributed by atoms with Gasteiger partial charge in [0.15, 0.2) is 0 Å². The molecule has 0 saturated heterocycles. The van der Waals surface area contributed by atoms with Crippen molar-refractivity contribution in [1.82, 2.24) is 0 Å². The quantitative estimate of drug-likeness (QED) is 0.590. The Morgan fingerprint density at radius 2 is 1.60 bits per heavy atom. The third kappa shape index (κ3) is 3.23. The Morgan fingerprint density at radius 1 is 1.07 bits per heavy atom. The summed E-state index contributed by atoms with van der Waals surface area (Å²) in [6.07, 6.45) is 5.74. The topological polar surface area (TPSA) is 0 Å². The summed E-state index contributed by atoms with van der Waals surface area (Å²) in [6.45, 7) is 14.5. The van der Waals surface area contributed by atoms with Crippen LogP contribution in [0.25, 0.3) is 0 Å². The summed E-state index contributed by atoms with van der Waals surface area (Å²) in [6, 6.07) is 0. The average Bonchev–Trinajstić information content (AvgIpc) is 2.10. The summed E-state index contributed by atoms with van der Waals surface area (Å²) >= 11 is 0. The molecule has 0 spiro atoms. The first-order chi connectivity index (χ1) is 6.85. The van der Waals surface area contributed by atoms with E-state index in [9.17, 15) is 0 Å². The van der Waals surface area contributed by atoms with Gasteiger partial charge in [0.05, 0.1) is 0 Å². The molecule has 0 heteroatoms. The molecule has 0 N–H and O–H groups in total. The van der Waals surface area contributed by atoms with Crippen LogP contribution in [0.3, 0.4) is 0 Å². The minimum absolute atomic E-state index is 0.663. The zero-order valence-electron chi connectivity index (χ0n) is 11.6. The van der Waals surface area contributed by atoms with Gasteiger partial charge in [-0.1, -0.05) is 54.4 Å². The van der Waals surface area contributed by atoms with Crippen LogP contribution in [0.4, 0.5) is 0 Å². The predicted molar refractivity (Wildman–Crippen MR) is 68.9 cm³/mol. The van der Waals surface area contributed by atoms with E-state index in [-0.39, 0.29) is 0 Å². The van der Waals surface area contributed by atoms with Crippen LogP contribution in [0.1, 0.15) is 67.2 Å². The van der Waals surface area contributed by atoms with E-state index in [2.05, 4.69) is 41.5 Å². The van der Waals surface area contributed by atoms with E-state index < -0.39 is 0 Å². The van der Waals surface area contributed by atoms with Crippen LogP contribution in [-0.2, 0) is 0 Å². The fourth-order valence-electron chi connectivity index (χ4n) is 3.44. The molecule has 1 aliphatic carbocycles. The van der Waals surface area contributed by atoms with Gasteiger partial charge in [-0.3, -0.25) is 0 Å². The van der Waals surface area contributed by atoms with Crippen LogP contribution in [0.5, 0.6) is 0 Å². The van der Waals surface area contributed by atoms with Crippen molar-refractivity contribution in [2.45, 2.75) is 67.2 Å². The fourth-order valence-corrected chi connectivity index (χ4v) is 3.44. The van der Waals surface area contributed by atoms with Crippen molar-refractivity contribution < 1.29 is 0 Å². The molecule has 1 aliphatic rings. The van der Waals surface area contributed by atoms with Gasteiger partial charge >= 0.3 is 0 Å². The van der Waals surface area contributed by atoms with E-state index in [1.807, 2.05) is 0 Å². The van der Waals surface area contributed by atoms with Crippen molar-refractivity contribution >= 4 is 0 Å². The van der Waals surface area contributed by atoms with Crippen molar-refractivity contribution in [3.8, 4) is 0 Å². The molecule has 2 unspecified atom stereocenters. The molecule has 15 heavy (non-hydrogen) atoms. The standard InChI is InChI=1S/C15H30/c1-11(2)7-8-13(4)14(5)15(6)9-12(3)10-15/h11-14H,7-10H2,1-6H3. The molecule has 0 amide bonds. The third-order valence-electron chi connectivity index (χ3n) is 4.78. The highest BCUT2D eigenvalue weighted by Gasteiger charge is 2.43. The van der Waals surface area contributed by atoms with Crippen molar-refractivity contribution in [1.29, 1.82) is 0 Å². The van der Waals surface area contributed by atoms with Gasteiger partial charge in [-0.15, -0.1) is 0 Å². The van der Waals surface area contributed by atoms with Crippen molar-refractivity contribution in [2.75, 3.05) is 0 Å². The Morgan fingerprint density at radius 3 is 2.00 bits per heavy atom. The molecule has 90 valence electrons. The van der Waals surface area contributed by atoms with Crippen molar-refractivity contribution in [2.24, 2.45) is 29.1 Å². The van der Waals surface area contributed by atoms with Gasteiger partial charge in [-0.05, 0) is 41.9 Å². The first kappa shape index (κ1) is 13.1. The highest BCUT2D eigenvalue weighted by molar-refractivity contribution is 4.93. The monoisotopic (exact) mass is 210 g/mol. The Kier molecular flexibility index (Phi) is 4.26. The maximum absolute atomic E-state index is 2.50. The largest absolute Gasteiger partial charge is 0.0628 e. The smallest absolute Gasteiger partial charge is 0.0293 e. The number of hydrogen-bond donors (Lipinski definition) is 0. The highest BCUT2D eigenvalue weighted by Crippen LogP contribution is 2.52. The Hall–Kier alpha value is 0. The van der Waals surface area contributed by atoms with E-state index in [0.717, 1.165) is 23.7 Å². The lowest BCUT2D eigenvalue weighted by atomic mass is 9.55. The zero-order valence-corrected chi connectivity index (χ0v) is 11.6. The first-order valence-corrected chi connectivity index (χ1v) is 6.85. The second-order valence-electron chi connectivity index (χ2n) is 6.90. The lowest BCUT2D eigenvalue weighted by Gasteiger charge is -2.50. The van der Waals surface area contributed by atoms with Crippen LogP contribution < -0.4 is 0 Å². The molecule has 0 aromatic rings. The van der Waals surface area contributed by atoms with E-state index in [4.69, 9.17) is 0 Å². The van der Waals surface area contributed by atoms with Crippen LogP contribution in [-0.4, -0.2) is 0 Å². The molecular formula is C15H30. The van der Waals surface area contributed by atoms with Crippen LogP contribution >= 0.6 is 0 Å². The second-order valence-corrected chi connectivity index (χ2v) is 6.90. The van der Waals surface area contributed by atoms with Gasteiger partial charge in [0.1, 0.15) is 0 Å². The Bertz CT molecular complexity index is 186. The normalized spacial score (nSPS) is 35.0.